The highest BCUT2D eigenvalue weighted by Crippen LogP contribution is 2.31. The van der Waals surface area contributed by atoms with E-state index in [0.29, 0.717) is 0 Å². The van der Waals surface area contributed by atoms with Gasteiger partial charge in [-0.15, -0.1) is 0 Å². The molecular weight excluding hydrogens is 279 g/mol. The Balaban J connectivity index is 1.59. The first kappa shape index (κ1) is 13.1. The zero-order valence-corrected chi connectivity index (χ0v) is 11.9. The number of carbonyl (C=O) groups is 1. The van der Waals surface area contributed by atoms with Crippen LogP contribution in [0.5, 0.6) is 0 Å². The number of H-pyrrole nitrogens is 1. The van der Waals surface area contributed by atoms with Crippen LogP contribution in [-0.4, -0.2) is 10.9 Å². The van der Waals surface area contributed by atoms with Gasteiger partial charge in [0, 0.05) is 28.2 Å². The molecule has 0 bridgehead atoms. The summed E-state index contributed by atoms with van der Waals surface area (Å²) in [4.78, 5) is 15.0. The number of rotatable bonds is 3. The Morgan fingerprint density at radius 2 is 1.86 bits per heavy atom. The van der Waals surface area contributed by atoms with Crippen LogP contribution in [0.3, 0.4) is 0 Å². The van der Waals surface area contributed by atoms with Crippen molar-refractivity contribution in [3.8, 4) is 11.3 Å². The van der Waals surface area contributed by atoms with Gasteiger partial charge in [-0.05, 0) is 54.8 Å². The summed E-state index contributed by atoms with van der Waals surface area (Å²) in [6.45, 7) is 0. The van der Waals surface area contributed by atoms with Gasteiger partial charge in [-0.1, -0.05) is 12.1 Å². The summed E-state index contributed by atoms with van der Waals surface area (Å²) in [5.41, 5.74) is 3.65. The maximum Gasteiger partial charge on any atom is 0.227 e. The Hall–Kier alpha value is -2.62. The minimum absolute atomic E-state index is 0.105. The van der Waals surface area contributed by atoms with Crippen molar-refractivity contribution in [3.63, 3.8) is 0 Å². The first-order valence-corrected chi connectivity index (χ1v) is 7.39. The molecule has 110 valence electrons. The molecule has 3 nitrogen and oxygen atoms in total. The number of amides is 1. The number of hydrogen-bond acceptors (Lipinski definition) is 1. The predicted octanol–water partition coefficient (Wildman–Crippen LogP) is 4.32. The third kappa shape index (κ3) is 2.48. The van der Waals surface area contributed by atoms with Gasteiger partial charge >= 0.3 is 0 Å². The lowest BCUT2D eigenvalue weighted by Gasteiger charge is -2.05. The number of aromatic amines is 1. The molecule has 3 aromatic rings. The van der Waals surface area contributed by atoms with Crippen molar-refractivity contribution < 1.29 is 9.18 Å². The number of halogens is 1. The summed E-state index contributed by atoms with van der Waals surface area (Å²) in [7, 11) is 0. The largest absolute Gasteiger partial charge is 0.355 e. The molecule has 1 aliphatic rings. The van der Waals surface area contributed by atoms with E-state index in [4.69, 9.17) is 0 Å². The first-order chi connectivity index (χ1) is 10.7. The van der Waals surface area contributed by atoms with Crippen LogP contribution in [0.4, 0.5) is 10.1 Å². The average molecular weight is 294 g/mol. The zero-order valence-electron chi connectivity index (χ0n) is 11.9. The number of fused-ring (bicyclic) bond motifs is 1. The Bertz CT molecular complexity index is 847. The monoisotopic (exact) mass is 294 g/mol. The molecule has 4 heteroatoms. The van der Waals surface area contributed by atoms with E-state index in [-0.39, 0.29) is 17.6 Å². The number of aromatic nitrogens is 1. The standard InChI is InChI=1S/C18H15FN2O/c19-14-5-8-16-13(9-14)10-17(21-16)11-3-6-15(7-4-11)20-18(22)12-1-2-12/h3-10,12,21H,1-2H2,(H,20,22). The fourth-order valence-electron chi connectivity index (χ4n) is 2.58. The summed E-state index contributed by atoms with van der Waals surface area (Å²) in [5, 5.41) is 3.77. The molecule has 2 aromatic carbocycles. The number of benzene rings is 2. The van der Waals surface area contributed by atoms with Gasteiger partial charge in [0.25, 0.3) is 0 Å². The molecule has 0 spiro atoms. The SMILES string of the molecule is O=C(Nc1ccc(-c2cc3cc(F)ccc3[nH]2)cc1)C1CC1. The maximum atomic E-state index is 13.2. The van der Waals surface area contributed by atoms with Crippen LogP contribution in [0.25, 0.3) is 22.2 Å². The topological polar surface area (TPSA) is 44.9 Å². The third-order valence-corrected chi connectivity index (χ3v) is 3.99. The second-order valence-electron chi connectivity index (χ2n) is 5.76. The number of nitrogens with one attached hydrogen (secondary N) is 2. The average Bonchev–Trinajstić information content (AvgIpc) is 3.28. The fourth-order valence-corrected chi connectivity index (χ4v) is 2.58. The highest BCUT2D eigenvalue weighted by molar-refractivity contribution is 5.94. The van der Waals surface area contributed by atoms with Crippen molar-refractivity contribution in [2.75, 3.05) is 5.32 Å². The van der Waals surface area contributed by atoms with E-state index < -0.39 is 0 Å². The Morgan fingerprint density at radius 3 is 2.59 bits per heavy atom. The number of carbonyl (C=O) groups excluding carboxylic acids is 1. The quantitative estimate of drug-likeness (QED) is 0.742. The van der Waals surface area contributed by atoms with Crippen molar-refractivity contribution in [2.24, 2.45) is 5.92 Å². The van der Waals surface area contributed by atoms with E-state index in [1.807, 2.05) is 30.3 Å². The maximum absolute atomic E-state index is 13.2. The van der Waals surface area contributed by atoms with Gasteiger partial charge in [0.2, 0.25) is 5.91 Å². The summed E-state index contributed by atoms with van der Waals surface area (Å²) < 4.78 is 13.2. The van der Waals surface area contributed by atoms with Gasteiger partial charge in [0.1, 0.15) is 5.82 Å². The Morgan fingerprint density at radius 1 is 1.09 bits per heavy atom. The van der Waals surface area contributed by atoms with Gasteiger partial charge in [-0.2, -0.15) is 0 Å². The molecule has 1 heterocycles. The van der Waals surface area contributed by atoms with Gasteiger partial charge in [-0.3, -0.25) is 4.79 Å². The van der Waals surface area contributed by atoms with Crippen LogP contribution in [0.15, 0.2) is 48.5 Å². The van der Waals surface area contributed by atoms with E-state index in [1.54, 1.807) is 6.07 Å². The van der Waals surface area contributed by atoms with Gasteiger partial charge in [0.05, 0.1) is 0 Å². The van der Waals surface area contributed by atoms with E-state index in [0.717, 1.165) is 40.7 Å². The van der Waals surface area contributed by atoms with E-state index in [9.17, 15) is 9.18 Å². The van der Waals surface area contributed by atoms with E-state index in [2.05, 4.69) is 10.3 Å². The first-order valence-electron chi connectivity index (χ1n) is 7.39. The van der Waals surface area contributed by atoms with Gasteiger partial charge in [0.15, 0.2) is 0 Å². The molecule has 4 rings (SSSR count). The number of hydrogen-bond donors (Lipinski definition) is 2. The van der Waals surface area contributed by atoms with E-state index in [1.165, 1.54) is 12.1 Å². The Labute approximate surface area is 127 Å². The summed E-state index contributed by atoms with van der Waals surface area (Å²) >= 11 is 0. The molecule has 1 fully saturated rings. The second kappa shape index (κ2) is 4.98. The van der Waals surface area contributed by atoms with Crippen molar-refractivity contribution >= 4 is 22.5 Å². The molecule has 1 saturated carbocycles. The molecule has 1 aromatic heterocycles. The van der Waals surface area contributed by atoms with Crippen LogP contribution in [0.2, 0.25) is 0 Å². The molecule has 1 amide bonds. The molecule has 22 heavy (non-hydrogen) atoms. The van der Waals surface area contributed by atoms with Crippen LogP contribution >= 0.6 is 0 Å². The number of anilines is 1. The molecular formula is C18H15FN2O. The zero-order chi connectivity index (χ0) is 15.1. The van der Waals surface area contributed by atoms with Crippen molar-refractivity contribution in [2.45, 2.75) is 12.8 Å². The molecule has 2 N–H and O–H groups in total. The molecule has 0 unspecified atom stereocenters. The van der Waals surface area contributed by atoms with Crippen molar-refractivity contribution in [1.82, 2.24) is 4.98 Å². The Kier molecular flexibility index (Phi) is 2.96. The van der Waals surface area contributed by atoms with Crippen LogP contribution in [-0.2, 0) is 4.79 Å². The minimum Gasteiger partial charge on any atom is -0.355 e. The van der Waals surface area contributed by atoms with Gasteiger partial charge < -0.3 is 10.3 Å². The lowest BCUT2D eigenvalue weighted by atomic mass is 10.1. The van der Waals surface area contributed by atoms with Crippen LogP contribution < -0.4 is 5.32 Å². The third-order valence-electron chi connectivity index (χ3n) is 3.99. The lowest BCUT2D eigenvalue weighted by molar-refractivity contribution is -0.117. The molecule has 1 aliphatic carbocycles. The fraction of sp³-hybridized carbons (Fsp3) is 0.167. The van der Waals surface area contributed by atoms with Crippen LogP contribution in [0, 0.1) is 11.7 Å². The normalized spacial score (nSPS) is 14.2. The predicted molar refractivity (Wildman–Crippen MR) is 85.0 cm³/mol. The molecule has 0 atom stereocenters. The second-order valence-corrected chi connectivity index (χ2v) is 5.76. The molecule has 0 saturated heterocycles. The highest BCUT2D eigenvalue weighted by atomic mass is 19.1. The lowest BCUT2D eigenvalue weighted by Crippen LogP contribution is -2.12. The highest BCUT2D eigenvalue weighted by Gasteiger charge is 2.29. The smallest absolute Gasteiger partial charge is 0.227 e. The van der Waals surface area contributed by atoms with Crippen molar-refractivity contribution in [1.29, 1.82) is 0 Å². The molecule has 0 aliphatic heterocycles. The summed E-state index contributed by atoms with van der Waals surface area (Å²) in [6.07, 6.45) is 1.99. The van der Waals surface area contributed by atoms with Crippen molar-refractivity contribution in [3.05, 3.63) is 54.3 Å². The minimum atomic E-state index is -0.240. The van der Waals surface area contributed by atoms with Crippen LogP contribution in [0.1, 0.15) is 12.8 Å². The molecule has 0 radical (unpaired) electrons. The van der Waals surface area contributed by atoms with Gasteiger partial charge in [-0.25, -0.2) is 4.39 Å². The summed E-state index contributed by atoms with van der Waals surface area (Å²) in [6, 6.07) is 14.3. The van der Waals surface area contributed by atoms with E-state index >= 15 is 0 Å². The summed E-state index contributed by atoms with van der Waals surface area (Å²) in [5.74, 6) is 0.0632.